The molecule has 65 heavy (non-hydrogen) atoms. The van der Waals surface area contributed by atoms with Crippen LogP contribution in [0.25, 0.3) is 103 Å². The largest absolute Gasteiger partial charge is 0.310 e. The minimum absolute atomic E-state index is 1.09. The smallest absolute Gasteiger partial charge is 0.0547 e. The second-order valence-electron chi connectivity index (χ2n) is 16.9. The van der Waals surface area contributed by atoms with E-state index in [1.807, 2.05) is 11.3 Å². The number of nitrogens with zero attached hydrogens (tertiary/aromatic N) is 2. The van der Waals surface area contributed by atoms with Gasteiger partial charge in [0.05, 0.1) is 16.7 Å². The molecule has 0 spiro atoms. The van der Waals surface area contributed by atoms with Gasteiger partial charge in [-0.3, -0.25) is 0 Å². The molecule has 0 aliphatic carbocycles. The van der Waals surface area contributed by atoms with Crippen molar-refractivity contribution in [2.45, 2.75) is 0 Å². The first-order valence-corrected chi connectivity index (χ1v) is 23.1. The van der Waals surface area contributed by atoms with Gasteiger partial charge in [-0.1, -0.05) is 170 Å². The second-order valence-corrected chi connectivity index (χ2v) is 18.0. The Morgan fingerprint density at radius 2 is 0.985 bits per heavy atom. The van der Waals surface area contributed by atoms with Crippen LogP contribution >= 0.6 is 11.3 Å². The molecular formula is C62H40N2S. The molecule has 0 aliphatic heterocycles. The van der Waals surface area contributed by atoms with E-state index in [0.29, 0.717) is 0 Å². The maximum Gasteiger partial charge on any atom is 0.0547 e. The number of hydrogen-bond donors (Lipinski definition) is 0. The van der Waals surface area contributed by atoms with Gasteiger partial charge >= 0.3 is 0 Å². The number of rotatable bonds is 7. The van der Waals surface area contributed by atoms with Crippen molar-refractivity contribution >= 4 is 91.9 Å². The quantitative estimate of drug-likeness (QED) is 0.145. The summed E-state index contributed by atoms with van der Waals surface area (Å²) in [5.74, 6) is 0. The van der Waals surface area contributed by atoms with Crippen LogP contribution in [0, 0.1) is 0 Å². The van der Waals surface area contributed by atoms with E-state index in [-0.39, 0.29) is 0 Å². The fraction of sp³-hybridized carbons (Fsp3) is 0. The monoisotopic (exact) mass is 844 g/mol. The molecule has 0 amide bonds. The van der Waals surface area contributed by atoms with Crippen LogP contribution in [-0.2, 0) is 0 Å². The fourth-order valence-electron chi connectivity index (χ4n) is 10.2. The van der Waals surface area contributed by atoms with Gasteiger partial charge in [-0.05, 0) is 122 Å². The molecule has 0 atom stereocenters. The Balaban J connectivity index is 0.957. The van der Waals surface area contributed by atoms with Gasteiger partial charge in [-0.25, -0.2) is 0 Å². The van der Waals surface area contributed by atoms with Gasteiger partial charge in [0.2, 0.25) is 0 Å². The average molecular weight is 845 g/mol. The van der Waals surface area contributed by atoms with Crippen LogP contribution in [0.2, 0.25) is 0 Å². The van der Waals surface area contributed by atoms with Crippen molar-refractivity contribution in [2.75, 3.05) is 4.90 Å². The van der Waals surface area contributed by atoms with E-state index in [0.717, 1.165) is 22.6 Å². The van der Waals surface area contributed by atoms with Gasteiger partial charge in [-0.15, -0.1) is 11.3 Å². The highest BCUT2D eigenvalue weighted by Crippen LogP contribution is 2.45. The lowest BCUT2D eigenvalue weighted by atomic mass is 9.96. The molecule has 2 aromatic heterocycles. The van der Waals surface area contributed by atoms with Crippen LogP contribution < -0.4 is 4.90 Å². The molecule has 2 nitrogen and oxygen atoms in total. The first-order chi connectivity index (χ1) is 32.2. The summed E-state index contributed by atoms with van der Waals surface area (Å²) in [7, 11) is 0. The fourth-order valence-corrected chi connectivity index (χ4v) is 11.2. The van der Waals surface area contributed by atoms with Crippen LogP contribution in [0.1, 0.15) is 0 Å². The molecule has 304 valence electrons. The molecule has 0 radical (unpaired) electrons. The zero-order chi connectivity index (χ0) is 42.8. The van der Waals surface area contributed by atoms with Gasteiger partial charge in [0, 0.05) is 53.6 Å². The van der Waals surface area contributed by atoms with Crippen molar-refractivity contribution in [1.82, 2.24) is 4.57 Å². The Kier molecular flexibility index (Phi) is 8.75. The van der Waals surface area contributed by atoms with Gasteiger partial charge in [0.15, 0.2) is 0 Å². The van der Waals surface area contributed by atoms with E-state index in [9.17, 15) is 0 Å². The van der Waals surface area contributed by atoms with Crippen molar-refractivity contribution in [3.05, 3.63) is 243 Å². The minimum atomic E-state index is 1.09. The predicted molar refractivity (Wildman–Crippen MR) is 280 cm³/mol. The molecule has 0 aliphatic rings. The molecule has 13 aromatic rings. The van der Waals surface area contributed by atoms with Crippen LogP contribution in [0.15, 0.2) is 243 Å². The zero-order valence-electron chi connectivity index (χ0n) is 35.4. The highest BCUT2D eigenvalue weighted by atomic mass is 32.1. The predicted octanol–water partition coefficient (Wildman–Crippen LogP) is 17.9. The van der Waals surface area contributed by atoms with Crippen LogP contribution in [0.3, 0.4) is 0 Å². The summed E-state index contributed by atoms with van der Waals surface area (Å²) in [4.78, 5) is 2.42. The molecule has 0 bridgehead atoms. The Morgan fingerprint density at radius 1 is 0.323 bits per heavy atom. The number of benzene rings is 11. The van der Waals surface area contributed by atoms with E-state index in [4.69, 9.17) is 0 Å². The SMILES string of the molecule is c1ccc(-c2ccccc2N(c2ccc(-c3ccc4c(ccc5ccccc54)c3)cc2)c2cccc(-c3cccc4c3c3ccccc3n4-c3ccc4sc5ccccc5c4c3)c2)cc1. The molecular weight excluding hydrogens is 805 g/mol. The topological polar surface area (TPSA) is 8.17 Å². The maximum absolute atomic E-state index is 2.45. The Bertz CT molecular complexity index is 3950. The van der Waals surface area contributed by atoms with E-state index in [1.165, 1.54) is 97.0 Å². The van der Waals surface area contributed by atoms with Gasteiger partial charge in [0.25, 0.3) is 0 Å². The molecule has 0 N–H and O–H groups in total. The summed E-state index contributed by atoms with van der Waals surface area (Å²) >= 11 is 1.86. The van der Waals surface area contributed by atoms with Crippen molar-refractivity contribution < 1.29 is 0 Å². The summed E-state index contributed by atoms with van der Waals surface area (Å²) in [5, 5.41) is 10.2. The molecule has 3 heteroatoms. The lowest BCUT2D eigenvalue weighted by molar-refractivity contribution is 1.19. The second kappa shape index (κ2) is 15.2. The standard InChI is InChI=1S/C62H40N2S/c1-2-14-42(15-3-1)52-20-6-9-24-57(52)63(47-33-30-41(31-34-47)44-32-36-51-46(38-44)29-28-43-16-4-5-19-50(43)51)48-18-12-17-45(39-48)53-23-13-26-59-62(53)55-22-7-10-25-58(55)64(59)49-35-37-61-56(40-49)54-21-8-11-27-60(54)65-61/h1-40H. The highest BCUT2D eigenvalue weighted by molar-refractivity contribution is 7.25. The molecule has 13 rings (SSSR count). The van der Waals surface area contributed by atoms with E-state index in [2.05, 4.69) is 252 Å². The average Bonchev–Trinajstić information content (AvgIpc) is 3.92. The van der Waals surface area contributed by atoms with Gasteiger partial charge in [0.1, 0.15) is 0 Å². The molecule has 0 fully saturated rings. The molecule has 0 saturated heterocycles. The van der Waals surface area contributed by atoms with Crippen LogP contribution in [-0.4, -0.2) is 4.57 Å². The van der Waals surface area contributed by atoms with Crippen LogP contribution in [0.4, 0.5) is 17.1 Å². The number of para-hydroxylation sites is 2. The number of anilines is 3. The number of hydrogen-bond acceptors (Lipinski definition) is 2. The first kappa shape index (κ1) is 37.3. The summed E-state index contributed by atoms with van der Waals surface area (Å²) in [6.45, 7) is 0. The number of aromatic nitrogens is 1. The Morgan fingerprint density at radius 3 is 1.89 bits per heavy atom. The molecule has 0 saturated carbocycles. The van der Waals surface area contributed by atoms with Crippen molar-refractivity contribution in [3.63, 3.8) is 0 Å². The summed E-state index contributed by atoms with van der Waals surface area (Å²) in [6, 6.07) is 89.0. The molecule has 0 unspecified atom stereocenters. The normalized spacial score (nSPS) is 11.7. The summed E-state index contributed by atoms with van der Waals surface area (Å²) in [6.07, 6.45) is 0. The van der Waals surface area contributed by atoms with Crippen LogP contribution in [0.5, 0.6) is 0 Å². The van der Waals surface area contributed by atoms with Crippen molar-refractivity contribution in [2.24, 2.45) is 0 Å². The molecule has 2 heterocycles. The van der Waals surface area contributed by atoms with Gasteiger partial charge in [-0.2, -0.15) is 0 Å². The third kappa shape index (κ3) is 6.24. The van der Waals surface area contributed by atoms with Crippen molar-refractivity contribution in [1.29, 1.82) is 0 Å². The van der Waals surface area contributed by atoms with E-state index in [1.54, 1.807) is 0 Å². The lowest BCUT2D eigenvalue weighted by Crippen LogP contribution is -2.11. The van der Waals surface area contributed by atoms with E-state index < -0.39 is 0 Å². The number of thiophene rings is 1. The summed E-state index contributed by atoms with van der Waals surface area (Å²) < 4.78 is 5.08. The third-order valence-corrected chi connectivity index (χ3v) is 14.3. The third-order valence-electron chi connectivity index (χ3n) is 13.2. The minimum Gasteiger partial charge on any atom is -0.310 e. The number of fused-ring (bicyclic) bond motifs is 9. The maximum atomic E-state index is 2.45. The Hall–Kier alpha value is -8.24. The Labute approximate surface area is 381 Å². The molecule has 11 aromatic carbocycles. The highest BCUT2D eigenvalue weighted by Gasteiger charge is 2.21. The zero-order valence-corrected chi connectivity index (χ0v) is 36.2. The van der Waals surface area contributed by atoms with Gasteiger partial charge < -0.3 is 9.47 Å². The lowest BCUT2D eigenvalue weighted by Gasteiger charge is -2.28. The first-order valence-electron chi connectivity index (χ1n) is 22.2. The summed E-state index contributed by atoms with van der Waals surface area (Å²) in [5.41, 5.74) is 14.0. The van der Waals surface area contributed by atoms with Crippen molar-refractivity contribution in [3.8, 4) is 39.1 Å². The van der Waals surface area contributed by atoms with E-state index >= 15 is 0 Å².